The van der Waals surface area contributed by atoms with Crippen molar-refractivity contribution in [2.45, 2.75) is 17.0 Å². The average molecular weight is 447 g/mol. The van der Waals surface area contributed by atoms with Gasteiger partial charge in [0.25, 0.3) is 0 Å². The van der Waals surface area contributed by atoms with Crippen molar-refractivity contribution in [3.8, 4) is 0 Å². The quantitative estimate of drug-likeness (QED) is 0.368. The number of carbonyl (C=O) groups excluding carboxylic acids is 2. The second-order valence-corrected chi connectivity index (χ2v) is 8.61. The number of hydrogen-bond acceptors (Lipinski definition) is 8. The molecule has 12 heteroatoms. The highest BCUT2D eigenvalue weighted by Gasteiger charge is 2.50. The molecule has 8 nitrogen and oxygen atoms in total. The van der Waals surface area contributed by atoms with Gasteiger partial charge in [-0.3, -0.25) is 4.79 Å². The second kappa shape index (κ2) is 8.42. The summed E-state index contributed by atoms with van der Waals surface area (Å²) in [6.07, 6.45) is 0. The van der Waals surface area contributed by atoms with E-state index >= 15 is 0 Å². The molecule has 0 fully saturated rings. The van der Waals surface area contributed by atoms with Crippen molar-refractivity contribution >= 4 is 45.4 Å². The van der Waals surface area contributed by atoms with Crippen LogP contribution >= 0.6 is 0 Å². The molecule has 1 heterocycles. The summed E-state index contributed by atoms with van der Waals surface area (Å²) in [5.74, 6) is -3.18. The molecule has 2 N–H and O–H groups in total. The maximum Gasteiger partial charge on any atom is 0.338 e. The Morgan fingerprint density at radius 3 is 2.28 bits per heavy atom. The Kier molecular flexibility index (Phi) is 6.19. The number of rotatable bonds is 7. The molecule has 1 aliphatic rings. The Labute approximate surface area is 189 Å². The van der Waals surface area contributed by atoms with E-state index in [2.05, 4.69) is 0 Å². The summed E-state index contributed by atoms with van der Waals surface area (Å²) in [5.41, 5.74) is 3.82. The number of ketones is 1. The van der Waals surface area contributed by atoms with Gasteiger partial charge in [0.15, 0.2) is 5.50 Å². The molecule has 2 aromatic rings. The van der Waals surface area contributed by atoms with E-state index in [1.807, 2.05) is 0 Å². The number of ether oxygens (including phenoxy) is 2. The minimum absolute atomic E-state index is 0.0131. The fourth-order valence-corrected chi connectivity index (χ4v) is 3.85. The van der Waals surface area contributed by atoms with Gasteiger partial charge in [-0.1, -0.05) is 42.5 Å². The molecule has 2 aromatic carbocycles. The lowest BCUT2D eigenvalue weighted by Gasteiger charge is -2.26. The van der Waals surface area contributed by atoms with Crippen LogP contribution in [0.15, 0.2) is 66.2 Å². The summed E-state index contributed by atoms with van der Waals surface area (Å²) in [6, 6.07) is 12.9. The molecule has 3 rings (SSSR count). The van der Waals surface area contributed by atoms with Gasteiger partial charge in [-0.05, 0) is 30.2 Å². The molecule has 0 aliphatic carbocycles. The summed E-state index contributed by atoms with van der Waals surface area (Å²) in [4.78, 5) is 24.8. The summed E-state index contributed by atoms with van der Waals surface area (Å²) in [6.45, 7) is 1.84. The first-order valence-electron chi connectivity index (χ1n) is 9.31. The smallest absolute Gasteiger partial charge is 0.338 e. The van der Waals surface area contributed by atoms with Crippen LogP contribution in [0.2, 0.25) is 0 Å². The van der Waals surface area contributed by atoms with Crippen LogP contribution in [0.1, 0.15) is 28.4 Å². The second-order valence-electron chi connectivity index (χ2n) is 6.85. The van der Waals surface area contributed by atoms with Crippen LogP contribution in [0.5, 0.6) is 0 Å². The molecule has 0 bridgehead atoms. The third kappa shape index (κ3) is 4.02. The van der Waals surface area contributed by atoms with Gasteiger partial charge in [-0.25, -0.2) is 4.79 Å². The number of nitrogens with two attached hydrogens (primary N) is 1. The van der Waals surface area contributed by atoms with E-state index in [1.165, 1.54) is 48.5 Å². The molecular formula is C20H16B3NO7S. The topological polar surface area (TPSA) is 122 Å². The third-order valence-corrected chi connectivity index (χ3v) is 6.14. The Morgan fingerprint density at radius 1 is 1.12 bits per heavy atom. The zero-order chi connectivity index (χ0) is 23.7. The number of esters is 1. The average Bonchev–Trinajstić information content (AvgIpc) is 2.98. The van der Waals surface area contributed by atoms with E-state index in [4.69, 9.17) is 42.9 Å². The fraction of sp³-hybridized carbons (Fsp3) is 0.200. The zero-order valence-electron chi connectivity index (χ0n) is 17.0. The SMILES string of the molecule is [B]C([B])(c1ccccc1)S(=O)(=O)OC1=C(N)O[C@]([B])(c2ccc(C(=O)OCC)cc2)C1=O. The van der Waals surface area contributed by atoms with Crippen molar-refractivity contribution in [1.29, 1.82) is 0 Å². The van der Waals surface area contributed by atoms with Crippen LogP contribution in [0, 0.1) is 0 Å². The van der Waals surface area contributed by atoms with Crippen molar-refractivity contribution in [1.82, 2.24) is 0 Å². The highest BCUT2D eigenvalue weighted by atomic mass is 32.2. The molecule has 1 atom stereocenters. The maximum absolute atomic E-state index is 13.0. The molecular weight excluding hydrogens is 431 g/mol. The summed E-state index contributed by atoms with van der Waals surface area (Å²) in [7, 11) is 12.9. The van der Waals surface area contributed by atoms with E-state index in [1.54, 1.807) is 13.0 Å². The first kappa shape index (κ1) is 23.5. The predicted octanol–water partition coefficient (Wildman–Crippen LogP) is 0.406. The molecule has 1 aliphatic heterocycles. The van der Waals surface area contributed by atoms with Gasteiger partial charge in [0.2, 0.25) is 17.4 Å². The van der Waals surface area contributed by atoms with Crippen LogP contribution in [0.3, 0.4) is 0 Å². The number of carbonyl (C=O) groups is 2. The van der Waals surface area contributed by atoms with Crippen molar-refractivity contribution in [2.24, 2.45) is 5.73 Å². The van der Waals surface area contributed by atoms with Crippen molar-refractivity contribution < 1.29 is 31.7 Å². The van der Waals surface area contributed by atoms with Gasteiger partial charge in [-0.2, -0.15) is 8.42 Å². The van der Waals surface area contributed by atoms with Crippen LogP contribution in [0.4, 0.5) is 0 Å². The Balaban J connectivity index is 1.87. The Bertz CT molecular complexity index is 1180. The highest BCUT2D eigenvalue weighted by Crippen LogP contribution is 2.38. The van der Waals surface area contributed by atoms with Crippen molar-refractivity contribution in [2.75, 3.05) is 6.61 Å². The molecule has 0 saturated heterocycles. The highest BCUT2D eigenvalue weighted by molar-refractivity contribution is 7.90. The van der Waals surface area contributed by atoms with Crippen molar-refractivity contribution in [3.63, 3.8) is 0 Å². The number of benzene rings is 2. The minimum Gasteiger partial charge on any atom is -0.467 e. The Hall–Kier alpha value is -3.14. The maximum atomic E-state index is 13.0. The van der Waals surface area contributed by atoms with E-state index in [9.17, 15) is 18.0 Å². The summed E-state index contributed by atoms with van der Waals surface area (Å²) >= 11 is 0. The lowest BCUT2D eigenvalue weighted by molar-refractivity contribution is -0.126. The fourth-order valence-electron chi connectivity index (χ4n) is 2.91. The molecule has 6 radical (unpaired) electrons. The molecule has 0 spiro atoms. The van der Waals surface area contributed by atoms with Gasteiger partial charge >= 0.3 is 16.1 Å². The van der Waals surface area contributed by atoms with Crippen LogP contribution < -0.4 is 5.73 Å². The van der Waals surface area contributed by atoms with Gasteiger partial charge < -0.3 is 19.4 Å². The third-order valence-electron chi connectivity index (χ3n) is 4.69. The van der Waals surface area contributed by atoms with Gasteiger partial charge in [0.1, 0.15) is 7.85 Å². The van der Waals surface area contributed by atoms with E-state index in [-0.39, 0.29) is 23.3 Å². The number of Topliss-reactive ketones (excluding diaryl/α,β-unsaturated/α-hetero) is 1. The first-order valence-corrected chi connectivity index (χ1v) is 10.7. The minimum atomic E-state index is -4.82. The Morgan fingerprint density at radius 2 is 1.72 bits per heavy atom. The largest absolute Gasteiger partial charge is 0.467 e. The normalized spacial score (nSPS) is 18.8. The predicted molar refractivity (Wildman–Crippen MR) is 117 cm³/mol. The van der Waals surface area contributed by atoms with Crippen LogP contribution in [-0.4, -0.2) is 50.3 Å². The monoisotopic (exact) mass is 447 g/mol. The molecule has 0 unspecified atom stereocenters. The standard InChI is InChI=1S/C20H16B3NO7S/c1-2-29-18(26)12-8-10-13(11-9-12)19(21)16(25)15(17(24)30-19)31-32(27,28)20(22,23)14-6-4-3-5-7-14/h3-11H,2,24H2,1H3/t19-/m1/s1. The number of hydrogen-bond donors (Lipinski definition) is 1. The molecule has 0 amide bonds. The molecule has 0 aromatic heterocycles. The van der Waals surface area contributed by atoms with Crippen LogP contribution in [0.25, 0.3) is 0 Å². The van der Waals surface area contributed by atoms with Crippen molar-refractivity contribution in [3.05, 3.63) is 82.9 Å². The van der Waals surface area contributed by atoms with Gasteiger partial charge in [-0.15, -0.1) is 0 Å². The summed E-state index contributed by atoms with van der Waals surface area (Å²) < 4.78 is 38.1. The van der Waals surface area contributed by atoms with Gasteiger partial charge in [0, 0.05) is 0 Å². The van der Waals surface area contributed by atoms with E-state index in [0.717, 1.165) is 0 Å². The first-order chi connectivity index (χ1) is 14.9. The van der Waals surface area contributed by atoms with E-state index < -0.39 is 43.6 Å². The summed E-state index contributed by atoms with van der Waals surface area (Å²) in [5, 5.41) is 0. The molecule has 0 saturated carbocycles. The van der Waals surface area contributed by atoms with Gasteiger partial charge in [0.05, 0.1) is 32.4 Å². The zero-order valence-corrected chi connectivity index (χ0v) is 17.8. The molecule has 158 valence electrons. The molecule has 32 heavy (non-hydrogen) atoms. The lowest BCUT2D eigenvalue weighted by Crippen LogP contribution is -2.40. The van der Waals surface area contributed by atoms with Crippen LogP contribution in [-0.2, 0) is 38.6 Å². The lowest BCUT2D eigenvalue weighted by atomic mass is 9.65. The van der Waals surface area contributed by atoms with E-state index in [0.29, 0.717) is 0 Å².